The van der Waals surface area contributed by atoms with Crippen molar-refractivity contribution in [3.8, 4) is 5.75 Å². The molecule has 0 radical (unpaired) electrons. The molecule has 6 nitrogen and oxygen atoms in total. The number of rotatable bonds is 5. The molecule has 4 rings (SSSR count). The van der Waals surface area contributed by atoms with Gasteiger partial charge < -0.3 is 10.4 Å². The van der Waals surface area contributed by atoms with Gasteiger partial charge in [-0.1, -0.05) is 47.1 Å². The lowest BCUT2D eigenvalue weighted by molar-refractivity contribution is 0.0940. The van der Waals surface area contributed by atoms with Gasteiger partial charge in [0.05, 0.1) is 18.1 Å². The molecule has 1 aromatic heterocycles. The van der Waals surface area contributed by atoms with E-state index in [2.05, 4.69) is 15.6 Å². The van der Waals surface area contributed by atoms with E-state index in [1.54, 1.807) is 28.9 Å². The van der Waals surface area contributed by atoms with E-state index in [9.17, 15) is 9.90 Å². The van der Waals surface area contributed by atoms with Gasteiger partial charge in [0.2, 0.25) is 0 Å². The number of nitrogens with zero attached hydrogens (tertiary/aromatic N) is 3. The Hall–Kier alpha value is -3.38. The smallest absolute Gasteiger partial charge is 0.251 e. The third kappa shape index (κ3) is 4.07. The molecule has 0 spiro atoms. The second-order valence-corrected chi connectivity index (χ2v) is 7.24. The maximum absolute atomic E-state index is 12.6. The molecule has 0 unspecified atom stereocenters. The standard InChI is InChI=1S/C22H19ClN4O2/c1-14(15-5-3-2-4-6-15)24-22(29)16-7-10-21-20(12-16)25-26-27(21)13-17-11-18(28)8-9-19(17)23/h2-12,14,28H,13H2,1H3,(H,24,29)/t14-/m0/s1. The van der Waals surface area contributed by atoms with Crippen molar-refractivity contribution in [3.05, 3.63) is 88.4 Å². The number of aromatic nitrogens is 3. The van der Waals surface area contributed by atoms with Crippen LogP contribution in [0.15, 0.2) is 66.7 Å². The number of carbonyl (C=O) groups excluding carboxylic acids is 1. The molecular formula is C22H19ClN4O2. The van der Waals surface area contributed by atoms with Gasteiger partial charge in [0.25, 0.3) is 5.91 Å². The Labute approximate surface area is 172 Å². The molecule has 0 saturated heterocycles. The first-order valence-corrected chi connectivity index (χ1v) is 9.55. The van der Waals surface area contributed by atoms with Gasteiger partial charge in [0.1, 0.15) is 11.3 Å². The Balaban J connectivity index is 1.55. The number of aromatic hydroxyl groups is 1. The summed E-state index contributed by atoms with van der Waals surface area (Å²) in [5, 5.41) is 21.6. The van der Waals surface area contributed by atoms with Gasteiger partial charge in [-0.25, -0.2) is 4.68 Å². The largest absolute Gasteiger partial charge is 0.508 e. The highest BCUT2D eigenvalue weighted by Gasteiger charge is 2.14. The summed E-state index contributed by atoms with van der Waals surface area (Å²) in [7, 11) is 0. The average Bonchev–Trinajstić information content (AvgIpc) is 3.13. The monoisotopic (exact) mass is 406 g/mol. The van der Waals surface area contributed by atoms with Crippen LogP contribution < -0.4 is 5.32 Å². The molecule has 4 aromatic rings. The second kappa shape index (κ2) is 7.93. The molecule has 1 atom stereocenters. The van der Waals surface area contributed by atoms with E-state index in [-0.39, 0.29) is 17.7 Å². The maximum Gasteiger partial charge on any atom is 0.251 e. The van der Waals surface area contributed by atoms with Gasteiger partial charge >= 0.3 is 0 Å². The van der Waals surface area contributed by atoms with E-state index in [4.69, 9.17) is 11.6 Å². The predicted octanol–water partition coefficient (Wildman–Crippen LogP) is 4.33. The maximum atomic E-state index is 12.6. The summed E-state index contributed by atoms with van der Waals surface area (Å²) in [6.45, 7) is 2.31. The number of fused-ring (bicyclic) bond motifs is 1. The van der Waals surface area contributed by atoms with Crippen LogP contribution in [0, 0.1) is 0 Å². The number of amides is 1. The molecule has 0 aliphatic heterocycles. The molecule has 1 amide bonds. The van der Waals surface area contributed by atoms with Crippen molar-refractivity contribution >= 4 is 28.5 Å². The number of phenolic OH excluding ortho intramolecular Hbond substituents is 1. The van der Waals surface area contributed by atoms with E-state index in [1.807, 2.05) is 43.3 Å². The van der Waals surface area contributed by atoms with E-state index in [0.717, 1.165) is 16.6 Å². The number of nitrogens with one attached hydrogen (secondary N) is 1. The highest BCUT2D eigenvalue weighted by molar-refractivity contribution is 6.31. The van der Waals surface area contributed by atoms with Crippen molar-refractivity contribution in [2.45, 2.75) is 19.5 Å². The fourth-order valence-corrected chi connectivity index (χ4v) is 3.36. The summed E-state index contributed by atoms with van der Waals surface area (Å²) in [5.41, 5.74) is 3.67. The van der Waals surface area contributed by atoms with Crippen LogP contribution in [-0.2, 0) is 6.54 Å². The summed E-state index contributed by atoms with van der Waals surface area (Å²) in [5.74, 6) is -0.0332. The van der Waals surface area contributed by atoms with Gasteiger partial charge in [-0.3, -0.25) is 4.79 Å². The molecule has 1 heterocycles. The fraction of sp³-hybridized carbons (Fsp3) is 0.136. The first kappa shape index (κ1) is 19.0. The quantitative estimate of drug-likeness (QED) is 0.517. The average molecular weight is 407 g/mol. The second-order valence-electron chi connectivity index (χ2n) is 6.83. The van der Waals surface area contributed by atoms with Crippen LogP contribution in [0.5, 0.6) is 5.75 Å². The molecule has 146 valence electrons. The minimum Gasteiger partial charge on any atom is -0.508 e. The minimum atomic E-state index is -0.172. The van der Waals surface area contributed by atoms with Crippen LogP contribution in [0.4, 0.5) is 0 Å². The molecule has 0 aliphatic rings. The molecular weight excluding hydrogens is 388 g/mol. The van der Waals surface area contributed by atoms with Crippen LogP contribution in [0.3, 0.4) is 0 Å². The third-order valence-corrected chi connectivity index (χ3v) is 5.14. The van der Waals surface area contributed by atoms with E-state index in [0.29, 0.717) is 22.6 Å². The first-order chi connectivity index (χ1) is 14.0. The highest BCUT2D eigenvalue weighted by atomic mass is 35.5. The number of phenols is 1. The number of benzene rings is 3. The van der Waals surface area contributed by atoms with Crippen molar-refractivity contribution in [2.75, 3.05) is 0 Å². The van der Waals surface area contributed by atoms with Crippen LogP contribution in [0.2, 0.25) is 5.02 Å². The Bertz CT molecular complexity index is 1170. The molecule has 3 aromatic carbocycles. The van der Waals surface area contributed by atoms with Crippen LogP contribution in [-0.4, -0.2) is 26.0 Å². The van der Waals surface area contributed by atoms with Gasteiger partial charge in [-0.2, -0.15) is 0 Å². The Kier molecular flexibility index (Phi) is 5.18. The van der Waals surface area contributed by atoms with Crippen molar-refractivity contribution in [1.82, 2.24) is 20.3 Å². The van der Waals surface area contributed by atoms with Gasteiger partial charge in [-0.15, -0.1) is 5.10 Å². The lowest BCUT2D eigenvalue weighted by Gasteiger charge is -2.14. The topological polar surface area (TPSA) is 80.0 Å². The van der Waals surface area contributed by atoms with Crippen molar-refractivity contribution < 1.29 is 9.90 Å². The minimum absolute atomic E-state index is 0.108. The van der Waals surface area contributed by atoms with Crippen LogP contribution in [0.1, 0.15) is 34.5 Å². The summed E-state index contributed by atoms with van der Waals surface area (Å²) >= 11 is 6.20. The van der Waals surface area contributed by atoms with Gasteiger partial charge in [0.15, 0.2) is 0 Å². The zero-order chi connectivity index (χ0) is 20.4. The summed E-state index contributed by atoms with van der Waals surface area (Å²) in [4.78, 5) is 12.6. The lowest BCUT2D eigenvalue weighted by atomic mass is 10.1. The number of carbonyl (C=O) groups is 1. The highest BCUT2D eigenvalue weighted by Crippen LogP contribution is 2.23. The van der Waals surface area contributed by atoms with E-state index < -0.39 is 0 Å². The fourth-order valence-electron chi connectivity index (χ4n) is 3.18. The Morgan fingerprint density at radius 3 is 2.72 bits per heavy atom. The molecule has 0 aliphatic carbocycles. The predicted molar refractivity (Wildman–Crippen MR) is 112 cm³/mol. The Morgan fingerprint density at radius 2 is 1.93 bits per heavy atom. The molecule has 2 N–H and O–H groups in total. The molecule has 7 heteroatoms. The Morgan fingerprint density at radius 1 is 1.14 bits per heavy atom. The summed E-state index contributed by atoms with van der Waals surface area (Å²) in [6, 6.07) is 19.7. The summed E-state index contributed by atoms with van der Waals surface area (Å²) in [6.07, 6.45) is 0. The van der Waals surface area contributed by atoms with E-state index in [1.165, 1.54) is 6.07 Å². The third-order valence-electron chi connectivity index (χ3n) is 4.77. The van der Waals surface area contributed by atoms with Crippen LogP contribution >= 0.6 is 11.6 Å². The number of hydrogen-bond donors (Lipinski definition) is 2. The van der Waals surface area contributed by atoms with Crippen LogP contribution in [0.25, 0.3) is 11.0 Å². The normalized spacial score (nSPS) is 12.1. The molecule has 0 bridgehead atoms. The SMILES string of the molecule is C[C@H](NC(=O)c1ccc2c(c1)nnn2Cc1cc(O)ccc1Cl)c1ccccc1. The molecule has 0 saturated carbocycles. The lowest BCUT2D eigenvalue weighted by Crippen LogP contribution is -2.26. The van der Waals surface area contributed by atoms with Gasteiger partial charge in [0, 0.05) is 10.6 Å². The van der Waals surface area contributed by atoms with Crippen molar-refractivity contribution in [2.24, 2.45) is 0 Å². The van der Waals surface area contributed by atoms with E-state index >= 15 is 0 Å². The molecule has 29 heavy (non-hydrogen) atoms. The van der Waals surface area contributed by atoms with Crippen molar-refractivity contribution in [1.29, 1.82) is 0 Å². The molecule has 0 fully saturated rings. The zero-order valence-electron chi connectivity index (χ0n) is 15.7. The zero-order valence-corrected chi connectivity index (χ0v) is 16.5. The summed E-state index contributed by atoms with van der Waals surface area (Å²) < 4.78 is 1.68. The van der Waals surface area contributed by atoms with Crippen molar-refractivity contribution in [3.63, 3.8) is 0 Å². The number of hydrogen-bond acceptors (Lipinski definition) is 4. The first-order valence-electron chi connectivity index (χ1n) is 9.18. The number of halogens is 1. The van der Waals surface area contributed by atoms with Gasteiger partial charge in [-0.05, 0) is 54.4 Å².